The smallest absolute Gasteiger partial charge is 0.331 e. The van der Waals surface area contributed by atoms with E-state index in [4.69, 9.17) is 22.8 Å². The van der Waals surface area contributed by atoms with Crippen LogP contribution in [0.3, 0.4) is 0 Å². The number of carbonyl (C=O) groups is 1. The van der Waals surface area contributed by atoms with Crippen molar-refractivity contribution >= 4 is 17.6 Å². The number of benzene rings is 1. The molecule has 0 aromatic heterocycles. The number of ether oxygens (including phenoxy) is 1. The summed E-state index contributed by atoms with van der Waals surface area (Å²) >= 11 is 5.88. The van der Waals surface area contributed by atoms with Gasteiger partial charge < -0.3 is 4.74 Å². The monoisotopic (exact) mass is 279 g/mol. The van der Waals surface area contributed by atoms with Gasteiger partial charge in [-0.1, -0.05) is 36.6 Å². The number of terminal acetylenes is 1. The molecule has 1 atom stereocenters. The molecule has 0 aliphatic carbocycles. The molecule has 0 saturated heterocycles. The van der Waals surface area contributed by atoms with Crippen molar-refractivity contribution in [1.29, 1.82) is 0 Å². The second-order valence-corrected chi connectivity index (χ2v) is 4.48. The number of hydrogen-bond acceptors (Lipinski definition) is 3. The molecule has 102 valence electrons. The maximum absolute atomic E-state index is 12.3. The molecule has 0 heterocycles. The number of esters is 1. The number of hydrogen-bond donors (Lipinski definition) is 1. The van der Waals surface area contributed by atoms with Crippen LogP contribution in [0.15, 0.2) is 24.3 Å². The van der Waals surface area contributed by atoms with Crippen LogP contribution in [-0.4, -0.2) is 19.1 Å². The van der Waals surface area contributed by atoms with Crippen LogP contribution in [-0.2, 0) is 15.1 Å². The van der Waals surface area contributed by atoms with E-state index in [9.17, 15) is 4.79 Å². The topological polar surface area (TPSA) is 38.3 Å². The van der Waals surface area contributed by atoms with Crippen LogP contribution in [0.1, 0.15) is 25.8 Å². The maximum atomic E-state index is 12.3. The minimum atomic E-state index is -0.924. The van der Waals surface area contributed by atoms with E-state index in [-0.39, 0.29) is 12.5 Å². The molecule has 0 saturated carbocycles. The lowest BCUT2D eigenvalue weighted by atomic mass is 9.87. The Balaban J connectivity index is 3.19. The Morgan fingerprint density at radius 1 is 1.42 bits per heavy atom. The molecule has 0 bridgehead atoms. The van der Waals surface area contributed by atoms with E-state index in [2.05, 4.69) is 11.2 Å². The van der Waals surface area contributed by atoms with Gasteiger partial charge in [0.25, 0.3) is 0 Å². The largest absolute Gasteiger partial charge is 0.464 e. The SMILES string of the molecule is C#CCNC(CC)(C(=O)OCC)c1ccc(Cl)cc1. The third kappa shape index (κ3) is 3.50. The lowest BCUT2D eigenvalue weighted by molar-refractivity contribution is -0.151. The molecule has 1 unspecified atom stereocenters. The van der Waals surface area contributed by atoms with Crippen molar-refractivity contribution in [3.63, 3.8) is 0 Å². The number of rotatable bonds is 6. The molecular formula is C15H18ClNO2. The van der Waals surface area contributed by atoms with Crippen molar-refractivity contribution in [1.82, 2.24) is 5.32 Å². The summed E-state index contributed by atoms with van der Waals surface area (Å²) in [5.74, 6) is 2.17. The molecule has 3 nitrogen and oxygen atoms in total. The van der Waals surface area contributed by atoms with Crippen molar-refractivity contribution < 1.29 is 9.53 Å². The van der Waals surface area contributed by atoms with Crippen LogP contribution in [0.4, 0.5) is 0 Å². The van der Waals surface area contributed by atoms with Gasteiger partial charge in [-0.3, -0.25) is 5.32 Å². The number of nitrogens with one attached hydrogen (secondary N) is 1. The highest BCUT2D eigenvalue weighted by Crippen LogP contribution is 2.28. The zero-order valence-corrected chi connectivity index (χ0v) is 12.0. The summed E-state index contributed by atoms with van der Waals surface area (Å²) < 4.78 is 5.18. The summed E-state index contributed by atoms with van der Waals surface area (Å²) in [5.41, 5.74) is -0.124. The van der Waals surface area contributed by atoms with Crippen LogP contribution < -0.4 is 5.32 Å². The zero-order valence-electron chi connectivity index (χ0n) is 11.2. The zero-order chi connectivity index (χ0) is 14.3. The van der Waals surface area contributed by atoms with E-state index in [1.54, 1.807) is 19.1 Å². The molecule has 1 rings (SSSR count). The Kier molecular flexibility index (Phi) is 5.88. The lowest BCUT2D eigenvalue weighted by Gasteiger charge is -2.31. The van der Waals surface area contributed by atoms with Crippen molar-refractivity contribution in [2.75, 3.05) is 13.2 Å². The predicted octanol–water partition coefficient (Wildman–Crippen LogP) is 2.73. The van der Waals surface area contributed by atoms with Gasteiger partial charge in [0.05, 0.1) is 13.2 Å². The van der Waals surface area contributed by atoms with Gasteiger partial charge in [0, 0.05) is 5.02 Å². The van der Waals surface area contributed by atoms with Crippen molar-refractivity contribution in [3.05, 3.63) is 34.9 Å². The van der Waals surface area contributed by atoms with Crippen LogP contribution in [0, 0.1) is 12.3 Å². The van der Waals surface area contributed by atoms with E-state index in [0.29, 0.717) is 18.1 Å². The molecule has 0 aliphatic rings. The molecule has 1 aromatic rings. The molecule has 19 heavy (non-hydrogen) atoms. The van der Waals surface area contributed by atoms with Gasteiger partial charge in [-0.05, 0) is 31.0 Å². The minimum absolute atomic E-state index is 0.287. The first-order valence-electron chi connectivity index (χ1n) is 6.22. The third-order valence-corrected chi connectivity index (χ3v) is 3.24. The van der Waals surface area contributed by atoms with E-state index < -0.39 is 5.54 Å². The van der Waals surface area contributed by atoms with Crippen molar-refractivity contribution in [3.8, 4) is 12.3 Å². The van der Waals surface area contributed by atoms with Gasteiger partial charge in [0.2, 0.25) is 0 Å². The van der Waals surface area contributed by atoms with Crippen LogP contribution >= 0.6 is 11.6 Å². The summed E-state index contributed by atoms with van der Waals surface area (Å²) in [6, 6.07) is 7.12. The average molecular weight is 280 g/mol. The predicted molar refractivity (Wildman–Crippen MR) is 76.9 cm³/mol. The first-order chi connectivity index (χ1) is 9.10. The second kappa shape index (κ2) is 7.18. The molecule has 0 aliphatic heterocycles. The molecule has 1 N–H and O–H groups in total. The van der Waals surface area contributed by atoms with Gasteiger partial charge in [0.1, 0.15) is 5.54 Å². The molecule has 0 amide bonds. The summed E-state index contributed by atoms with van der Waals surface area (Å²) in [5, 5.41) is 3.72. The summed E-state index contributed by atoms with van der Waals surface area (Å²) in [4.78, 5) is 12.3. The highest BCUT2D eigenvalue weighted by atomic mass is 35.5. The van der Waals surface area contributed by atoms with Crippen LogP contribution in [0.2, 0.25) is 5.02 Å². The summed E-state index contributed by atoms with van der Waals surface area (Å²) in [6.45, 7) is 4.30. The highest BCUT2D eigenvalue weighted by molar-refractivity contribution is 6.30. The molecule has 0 fully saturated rings. The quantitative estimate of drug-likeness (QED) is 0.643. The number of halogens is 1. The van der Waals surface area contributed by atoms with E-state index in [1.165, 1.54) is 0 Å². The number of carbonyl (C=O) groups excluding carboxylic acids is 1. The van der Waals surface area contributed by atoms with Gasteiger partial charge in [-0.15, -0.1) is 6.42 Å². The molecule has 1 aromatic carbocycles. The van der Waals surface area contributed by atoms with Gasteiger partial charge in [-0.25, -0.2) is 4.79 Å². The Hall–Kier alpha value is -1.50. The average Bonchev–Trinajstić information content (AvgIpc) is 2.42. The minimum Gasteiger partial charge on any atom is -0.464 e. The lowest BCUT2D eigenvalue weighted by Crippen LogP contribution is -2.50. The fraction of sp³-hybridized carbons (Fsp3) is 0.400. The maximum Gasteiger partial charge on any atom is 0.331 e. The fourth-order valence-corrected chi connectivity index (χ4v) is 2.08. The molecule has 0 spiro atoms. The van der Waals surface area contributed by atoms with E-state index in [1.807, 2.05) is 19.1 Å². The molecular weight excluding hydrogens is 262 g/mol. The molecule has 4 heteroatoms. The Labute approximate surface area is 119 Å². The summed E-state index contributed by atoms with van der Waals surface area (Å²) in [6.07, 6.45) is 5.82. The van der Waals surface area contributed by atoms with Gasteiger partial charge in [0.15, 0.2) is 0 Å². The standard InChI is InChI=1S/C15H18ClNO2/c1-4-11-17-15(5-2,14(18)19-6-3)12-7-9-13(16)10-8-12/h1,7-10,17H,5-6,11H2,2-3H3. The first kappa shape index (κ1) is 15.6. The van der Waals surface area contributed by atoms with E-state index >= 15 is 0 Å². The first-order valence-corrected chi connectivity index (χ1v) is 6.60. The van der Waals surface area contributed by atoms with Crippen molar-refractivity contribution in [2.24, 2.45) is 0 Å². The third-order valence-electron chi connectivity index (χ3n) is 2.98. The normalized spacial score (nSPS) is 13.4. The Morgan fingerprint density at radius 2 is 2.05 bits per heavy atom. The Morgan fingerprint density at radius 3 is 2.53 bits per heavy atom. The molecule has 0 radical (unpaired) electrons. The van der Waals surface area contributed by atoms with Crippen molar-refractivity contribution in [2.45, 2.75) is 25.8 Å². The second-order valence-electron chi connectivity index (χ2n) is 4.04. The van der Waals surface area contributed by atoms with E-state index in [0.717, 1.165) is 5.56 Å². The van der Waals surface area contributed by atoms with Gasteiger partial charge >= 0.3 is 5.97 Å². The van der Waals surface area contributed by atoms with Gasteiger partial charge in [-0.2, -0.15) is 0 Å². The highest BCUT2D eigenvalue weighted by Gasteiger charge is 2.39. The summed E-state index contributed by atoms with van der Waals surface area (Å²) in [7, 11) is 0. The Bertz CT molecular complexity index is 464. The van der Waals surface area contributed by atoms with Crippen LogP contribution in [0.5, 0.6) is 0 Å². The van der Waals surface area contributed by atoms with Crippen LogP contribution in [0.25, 0.3) is 0 Å². The fourth-order valence-electron chi connectivity index (χ4n) is 1.96.